The second-order valence-corrected chi connectivity index (χ2v) is 10.2. The zero-order valence-corrected chi connectivity index (χ0v) is 19.1. The predicted molar refractivity (Wildman–Crippen MR) is 118 cm³/mol. The molecule has 3 rings (SSSR count). The number of rotatable bonds is 6. The molecule has 1 saturated heterocycles. The maximum absolute atomic E-state index is 12.8. The van der Waals surface area contributed by atoms with Crippen molar-refractivity contribution in [2.24, 2.45) is 0 Å². The summed E-state index contributed by atoms with van der Waals surface area (Å²) in [5.41, 5.74) is 4.57. The van der Waals surface area contributed by atoms with Gasteiger partial charge in [-0.15, -0.1) is 0 Å². The van der Waals surface area contributed by atoms with Crippen LogP contribution in [0.15, 0.2) is 47.4 Å². The highest BCUT2D eigenvalue weighted by atomic mass is 32.2. The summed E-state index contributed by atoms with van der Waals surface area (Å²) in [7, 11) is -3.47. The van der Waals surface area contributed by atoms with Crippen molar-refractivity contribution in [2.75, 3.05) is 32.7 Å². The van der Waals surface area contributed by atoms with Crippen molar-refractivity contribution in [3.05, 3.63) is 64.7 Å². The molecule has 1 atom stereocenters. The summed E-state index contributed by atoms with van der Waals surface area (Å²) in [5.74, 6) is -0.00873. The molecule has 0 aliphatic carbocycles. The lowest BCUT2D eigenvalue weighted by molar-refractivity contribution is -0.895. The molecule has 2 aromatic carbocycles. The Balaban J connectivity index is 1.52. The van der Waals surface area contributed by atoms with E-state index in [0.29, 0.717) is 37.6 Å². The normalized spacial score (nSPS) is 16.9. The molecule has 0 radical (unpaired) electrons. The van der Waals surface area contributed by atoms with E-state index in [4.69, 9.17) is 0 Å². The summed E-state index contributed by atoms with van der Waals surface area (Å²) >= 11 is 0. The van der Waals surface area contributed by atoms with E-state index in [-0.39, 0.29) is 11.9 Å². The van der Waals surface area contributed by atoms with Gasteiger partial charge in [-0.2, -0.15) is 4.31 Å². The summed E-state index contributed by atoms with van der Waals surface area (Å²) in [4.78, 5) is 14.0. The number of benzene rings is 2. The summed E-state index contributed by atoms with van der Waals surface area (Å²) < 4.78 is 27.2. The highest BCUT2D eigenvalue weighted by Crippen LogP contribution is 2.17. The van der Waals surface area contributed by atoms with Crippen molar-refractivity contribution in [3.8, 4) is 0 Å². The smallest absolute Gasteiger partial charge is 0.275 e. The molecule has 1 aliphatic heterocycles. The number of hydrogen-bond acceptors (Lipinski definition) is 3. The van der Waals surface area contributed by atoms with E-state index in [9.17, 15) is 13.2 Å². The molecule has 1 heterocycles. The predicted octanol–water partition coefficient (Wildman–Crippen LogP) is 1.38. The number of nitrogens with one attached hydrogen (secondary N) is 2. The van der Waals surface area contributed by atoms with Crippen LogP contribution in [0.5, 0.6) is 0 Å². The Labute approximate surface area is 179 Å². The van der Waals surface area contributed by atoms with Crippen LogP contribution in [0, 0.1) is 20.8 Å². The van der Waals surface area contributed by atoms with Crippen molar-refractivity contribution >= 4 is 15.9 Å². The molecule has 7 heteroatoms. The van der Waals surface area contributed by atoms with Crippen LogP contribution in [0.2, 0.25) is 0 Å². The minimum atomic E-state index is -3.47. The average Bonchev–Trinajstić information content (AvgIpc) is 2.70. The maximum atomic E-state index is 12.8. The van der Waals surface area contributed by atoms with Gasteiger partial charge in [0, 0.05) is 0 Å². The van der Waals surface area contributed by atoms with Crippen LogP contribution in [-0.2, 0) is 14.8 Å². The van der Waals surface area contributed by atoms with Gasteiger partial charge in [0.1, 0.15) is 0 Å². The molecule has 2 N–H and O–H groups in total. The number of aryl methyl sites for hydroxylation is 3. The Morgan fingerprint density at radius 1 is 1.03 bits per heavy atom. The number of amides is 1. The average molecular weight is 431 g/mol. The van der Waals surface area contributed by atoms with E-state index in [2.05, 4.69) is 37.4 Å². The van der Waals surface area contributed by atoms with Gasteiger partial charge in [0.25, 0.3) is 5.91 Å². The van der Waals surface area contributed by atoms with Crippen LogP contribution in [-0.4, -0.2) is 51.4 Å². The Morgan fingerprint density at radius 2 is 1.67 bits per heavy atom. The van der Waals surface area contributed by atoms with Crippen LogP contribution in [0.1, 0.15) is 35.2 Å². The first-order valence-electron chi connectivity index (χ1n) is 10.4. The topological polar surface area (TPSA) is 70.9 Å². The van der Waals surface area contributed by atoms with Gasteiger partial charge in [-0.3, -0.25) is 4.79 Å². The number of carbonyl (C=O) groups is 1. The molecular formula is C23H32N3O3S+. The third-order valence-electron chi connectivity index (χ3n) is 5.91. The minimum absolute atomic E-state index is 0.00873. The highest BCUT2D eigenvalue weighted by Gasteiger charge is 2.31. The Morgan fingerprint density at radius 3 is 2.27 bits per heavy atom. The monoisotopic (exact) mass is 430 g/mol. The summed E-state index contributed by atoms with van der Waals surface area (Å²) in [6, 6.07) is 13.1. The van der Waals surface area contributed by atoms with E-state index in [0.717, 1.165) is 16.0 Å². The fraction of sp³-hybridized carbons (Fsp3) is 0.435. The van der Waals surface area contributed by atoms with Gasteiger partial charge in [-0.1, -0.05) is 35.9 Å². The molecule has 1 fully saturated rings. The van der Waals surface area contributed by atoms with Crippen LogP contribution in [0.3, 0.4) is 0 Å². The summed E-state index contributed by atoms with van der Waals surface area (Å²) in [6.45, 7) is 10.5. The molecule has 1 aliphatic rings. The zero-order valence-electron chi connectivity index (χ0n) is 18.2. The van der Waals surface area contributed by atoms with E-state index < -0.39 is 10.0 Å². The molecule has 30 heavy (non-hydrogen) atoms. The van der Waals surface area contributed by atoms with Crippen LogP contribution in [0.4, 0.5) is 0 Å². The van der Waals surface area contributed by atoms with Crippen molar-refractivity contribution in [1.82, 2.24) is 9.62 Å². The molecule has 2 aromatic rings. The number of sulfonamides is 1. The fourth-order valence-electron chi connectivity index (χ4n) is 3.72. The van der Waals surface area contributed by atoms with Crippen LogP contribution in [0.25, 0.3) is 0 Å². The third kappa shape index (κ3) is 5.28. The number of hydrogen-bond donors (Lipinski definition) is 2. The standard InChI is InChI=1S/C23H31N3O3S/c1-17-5-9-22(10-6-17)30(28,29)26-13-11-25(12-14-26)16-23(27)24-20(4)21-8-7-18(2)19(3)15-21/h5-10,15,20H,11-14,16H2,1-4H3,(H,24,27)/p+1/t20-/m1/s1. The van der Waals surface area contributed by atoms with Crippen LogP contribution < -0.4 is 10.2 Å². The van der Waals surface area contributed by atoms with Crippen LogP contribution >= 0.6 is 0 Å². The fourth-order valence-corrected chi connectivity index (χ4v) is 5.16. The first-order valence-corrected chi connectivity index (χ1v) is 11.9. The van der Waals surface area contributed by atoms with Gasteiger partial charge in [0.2, 0.25) is 10.0 Å². The van der Waals surface area contributed by atoms with Crippen molar-refractivity contribution < 1.29 is 18.1 Å². The van der Waals surface area contributed by atoms with Gasteiger partial charge in [-0.25, -0.2) is 8.42 Å². The van der Waals surface area contributed by atoms with Gasteiger partial charge in [-0.05, 0) is 56.5 Å². The molecule has 0 bridgehead atoms. The molecule has 0 saturated carbocycles. The lowest BCUT2D eigenvalue weighted by Crippen LogP contribution is -3.15. The molecule has 0 spiro atoms. The van der Waals surface area contributed by atoms with Gasteiger partial charge in [0.15, 0.2) is 6.54 Å². The number of carbonyl (C=O) groups excluding carboxylic acids is 1. The molecule has 1 amide bonds. The second-order valence-electron chi connectivity index (χ2n) is 8.28. The van der Waals surface area contributed by atoms with E-state index in [1.807, 2.05) is 26.0 Å². The second kappa shape index (κ2) is 9.29. The zero-order chi connectivity index (χ0) is 21.9. The van der Waals surface area contributed by atoms with Crippen molar-refractivity contribution in [3.63, 3.8) is 0 Å². The van der Waals surface area contributed by atoms with Crippen molar-refractivity contribution in [1.29, 1.82) is 0 Å². The van der Waals surface area contributed by atoms with Gasteiger partial charge < -0.3 is 10.2 Å². The lowest BCUT2D eigenvalue weighted by Gasteiger charge is -2.31. The summed E-state index contributed by atoms with van der Waals surface area (Å²) in [6.07, 6.45) is 0. The minimum Gasteiger partial charge on any atom is -0.345 e. The Bertz CT molecular complexity index is 995. The molecule has 6 nitrogen and oxygen atoms in total. The summed E-state index contributed by atoms with van der Waals surface area (Å²) in [5, 5.41) is 3.07. The number of piperazine rings is 1. The van der Waals surface area contributed by atoms with Gasteiger partial charge >= 0.3 is 0 Å². The molecule has 0 unspecified atom stereocenters. The van der Waals surface area contributed by atoms with E-state index >= 15 is 0 Å². The van der Waals surface area contributed by atoms with Crippen molar-refractivity contribution in [2.45, 2.75) is 38.6 Å². The quantitative estimate of drug-likeness (QED) is 0.727. The van der Waals surface area contributed by atoms with E-state index in [1.165, 1.54) is 15.4 Å². The Kier molecular flexibility index (Phi) is 6.95. The molecular weight excluding hydrogens is 398 g/mol. The third-order valence-corrected chi connectivity index (χ3v) is 7.82. The van der Waals surface area contributed by atoms with Gasteiger partial charge in [0.05, 0.1) is 37.1 Å². The number of nitrogens with zero attached hydrogens (tertiary/aromatic N) is 1. The highest BCUT2D eigenvalue weighted by molar-refractivity contribution is 7.89. The Hall–Kier alpha value is -2.22. The SMILES string of the molecule is Cc1ccc(S(=O)(=O)N2CC[NH+](CC(=O)N[C@H](C)c3ccc(C)c(C)c3)CC2)cc1. The first-order chi connectivity index (χ1) is 14.2. The molecule has 162 valence electrons. The largest absolute Gasteiger partial charge is 0.345 e. The first kappa shape index (κ1) is 22.5. The number of quaternary nitrogens is 1. The molecule has 0 aromatic heterocycles. The van der Waals surface area contributed by atoms with E-state index in [1.54, 1.807) is 12.1 Å². The maximum Gasteiger partial charge on any atom is 0.275 e. The lowest BCUT2D eigenvalue weighted by atomic mass is 10.0.